The molecular formula is C12H17N5O2S2. The van der Waals surface area contributed by atoms with Gasteiger partial charge in [0.25, 0.3) is 0 Å². The molecular weight excluding hydrogens is 310 g/mol. The summed E-state index contributed by atoms with van der Waals surface area (Å²) in [7, 11) is -3.41. The van der Waals surface area contributed by atoms with Gasteiger partial charge >= 0.3 is 0 Å². The molecule has 0 aromatic carbocycles. The maximum Gasteiger partial charge on any atom is 0.185 e. The van der Waals surface area contributed by atoms with Crippen molar-refractivity contribution in [1.29, 1.82) is 0 Å². The number of aryl methyl sites for hydroxylation is 1. The maximum absolute atomic E-state index is 12.2. The molecule has 0 saturated carbocycles. The third-order valence-corrected chi connectivity index (χ3v) is 5.65. The van der Waals surface area contributed by atoms with Gasteiger partial charge < -0.3 is 11.1 Å². The van der Waals surface area contributed by atoms with E-state index in [9.17, 15) is 8.42 Å². The Labute approximate surface area is 127 Å². The molecule has 0 amide bonds. The minimum absolute atomic E-state index is 0.0508. The van der Waals surface area contributed by atoms with E-state index in [1.54, 1.807) is 19.2 Å². The van der Waals surface area contributed by atoms with Crippen molar-refractivity contribution in [2.24, 2.45) is 0 Å². The van der Waals surface area contributed by atoms with Crippen LogP contribution >= 0.6 is 11.5 Å². The lowest BCUT2D eigenvalue weighted by molar-refractivity contribution is 0.595. The molecule has 0 saturated heterocycles. The molecule has 2 aromatic rings. The Morgan fingerprint density at radius 1 is 1.43 bits per heavy atom. The topological polar surface area (TPSA) is 111 Å². The summed E-state index contributed by atoms with van der Waals surface area (Å²) in [5.74, 6) is 0.767. The zero-order valence-corrected chi connectivity index (χ0v) is 13.5. The Hall–Kier alpha value is -1.74. The molecule has 2 rings (SSSR count). The number of nitrogen functional groups attached to an aromatic ring is 1. The van der Waals surface area contributed by atoms with E-state index >= 15 is 0 Å². The average molecular weight is 327 g/mol. The van der Waals surface area contributed by atoms with Crippen LogP contribution in [0.3, 0.4) is 0 Å². The van der Waals surface area contributed by atoms with Gasteiger partial charge in [-0.3, -0.25) is 0 Å². The Balaban J connectivity index is 2.22. The van der Waals surface area contributed by atoms with Gasteiger partial charge in [-0.25, -0.2) is 18.4 Å². The van der Waals surface area contributed by atoms with Crippen LogP contribution in [0.1, 0.15) is 24.9 Å². The fraction of sp³-hybridized carbons (Fsp3) is 0.417. The normalized spacial score (nSPS) is 11.5. The highest BCUT2D eigenvalue weighted by Gasteiger charge is 2.24. The minimum Gasteiger partial charge on any atom is -0.382 e. The summed E-state index contributed by atoms with van der Waals surface area (Å²) < 4.78 is 28.4. The van der Waals surface area contributed by atoms with Crippen molar-refractivity contribution in [2.75, 3.05) is 16.8 Å². The number of anilines is 2. The van der Waals surface area contributed by atoms with Gasteiger partial charge in [0.15, 0.2) is 15.7 Å². The largest absolute Gasteiger partial charge is 0.382 e. The molecule has 0 atom stereocenters. The van der Waals surface area contributed by atoms with E-state index in [0.29, 0.717) is 23.8 Å². The Morgan fingerprint density at radius 3 is 2.86 bits per heavy atom. The van der Waals surface area contributed by atoms with Gasteiger partial charge in [-0.2, -0.15) is 4.37 Å². The lowest BCUT2D eigenvalue weighted by Gasteiger charge is -2.07. The second-order valence-electron chi connectivity index (χ2n) is 4.49. The quantitative estimate of drug-likeness (QED) is 0.829. The number of nitrogens with zero attached hydrogens (tertiary/aromatic N) is 3. The average Bonchev–Trinajstić information content (AvgIpc) is 2.78. The number of aromatic nitrogens is 3. The molecule has 2 aromatic heterocycles. The van der Waals surface area contributed by atoms with Crippen LogP contribution in [0.25, 0.3) is 0 Å². The summed E-state index contributed by atoms with van der Waals surface area (Å²) in [6, 6.07) is 1.77. The van der Waals surface area contributed by atoms with Crippen LogP contribution in [0.2, 0.25) is 0 Å². The summed E-state index contributed by atoms with van der Waals surface area (Å²) in [4.78, 5) is 8.37. The van der Waals surface area contributed by atoms with Gasteiger partial charge in [-0.1, -0.05) is 6.92 Å². The van der Waals surface area contributed by atoms with Crippen LogP contribution in [-0.2, 0) is 16.4 Å². The molecule has 9 heteroatoms. The molecule has 3 N–H and O–H groups in total. The molecule has 21 heavy (non-hydrogen) atoms. The molecule has 7 nitrogen and oxygen atoms in total. The lowest BCUT2D eigenvalue weighted by Crippen LogP contribution is -2.11. The van der Waals surface area contributed by atoms with E-state index < -0.39 is 9.84 Å². The molecule has 0 aliphatic heterocycles. The van der Waals surface area contributed by atoms with E-state index in [-0.39, 0.29) is 16.5 Å². The molecule has 0 radical (unpaired) electrons. The highest BCUT2D eigenvalue weighted by atomic mass is 32.2. The number of hydrogen-bond acceptors (Lipinski definition) is 8. The predicted octanol–water partition coefficient (Wildman–Crippen LogP) is 1.62. The van der Waals surface area contributed by atoms with Crippen molar-refractivity contribution in [3.8, 4) is 0 Å². The van der Waals surface area contributed by atoms with Gasteiger partial charge in [0, 0.05) is 6.20 Å². The Bertz CT molecular complexity index is 727. The highest BCUT2D eigenvalue weighted by molar-refractivity contribution is 7.91. The van der Waals surface area contributed by atoms with Crippen molar-refractivity contribution in [1.82, 2.24) is 14.3 Å². The first-order valence-corrected chi connectivity index (χ1v) is 8.87. The van der Waals surface area contributed by atoms with Crippen LogP contribution < -0.4 is 11.1 Å². The van der Waals surface area contributed by atoms with Gasteiger partial charge in [-0.15, -0.1) is 0 Å². The predicted molar refractivity (Wildman–Crippen MR) is 83.0 cm³/mol. The first-order valence-electron chi connectivity index (χ1n) is 6.44. The molecule has 114 valence electrons. The monoisotopic (exact) mass is 327 g/mol. The lowest BCUT2D eigenvalue weighted by atomic mass is 10.4. The maximum atomic E-state index is 12.2. The summed E-state index contributed by atoms with van der Waals surface area (Å²) in [6.45, 7) is 4.00. The van der Waals surface area contributed by atoms with Gasteiger partial charge in [0.2, 0.25) is 0 Å². The molecule has 0 fully saturated rings. The molecule has 0 unspecified atom stereocenters. The second kappa shape index (κ2) is 6.35. The Morgan fingerprint density at radius 2 is 2.19 bits per heavy atom. The third-order valence-electron chi connectivity index (χ3n) is 2.72. The van der Waals surface area contributed by atoms with Crippen molar-refractivity contribution in [3.05, 3.63) is 23.8 Å². The summed E-state index contributed by atoms with van der Waals surface area (Å²) in [5, 5.41) is 3.50. The summed E-state index contributed by atoms with van der Waals surface area (Å²) in [6.07, 6.45) is 2.19. The summed E-state index contributed by atoms with van der Waals surface area (Å²) in [5.41, 5.74) is 6.48. The van der Waals surface area contributed by atoms with Crippen molar-refractivity contribution < 1.29 is 8.42 Å². The van der Waals surface area contributed by atoms with Crippen LogP contribution in [0.15, 0.2) is 17.2 Å². The summed E-state index contributed by atoms with van der Waals surface area (Å²) >= 11 is 1.04. The number of rotatable bonds is 6. The molecule has 0 aliphatic rings. The number of nitrogens with two attached hydrogens (primary N) is 1. The SMILES string of the molecule is CCCS(=O)(=O)c1c(N)nsc1NCc1ccnc(C)n1. The van der Waals surface area contributed by atoms with Crippen molar-refractivity contribution in [3.63, 3.8) is 0 Å². The van der Waals surface area contributed by atoms with Crippen LogP contribution in [-0.4, -0.2) is 28.5 Å². The number of nitrogens with one attached hydrogen (secondary N) is 1. The van der Waals surface area contributed by atoms with Gasteiger partial charge in [0.1, 0.15) is 15.7 Å². The number of sulfone groups is 1. The van der Waals surface area contributed by atoms with E-state index in [1.807, 2.05) is 6.92 Å². The first kappa shape index (κ1) is 15.6. The standard InChI is InChI=1S/C12H17N5O2S2/c1-3-6-21(18,19)10-11(13)17-20-12(10)15-7-9-4-5-14-8(2)16-9/h4-5,15H,3,6-7H2,1-2H3,(H2,13,17). The van der Waals surface area contributed by atoms with Crippen molar-refractivity contribution >= 4 is 32.2 Å². The molecule has 0 bridgehead atoms. The van der Waals surface area contributed by atoms with E-state index in [0.717, 1.165) is 17.2 Å². The molecule has 2 heterocycles. The minimum atomic E-state index is -3.41. The van der Waals surface area contributed by atoms with Crippen LogP contribution in [0.4, 0.5) is 10.8 Å². The zero-order chi connectivity index (χ0) is 15.5. The van der Waals surface area contributed by atoms with E-state index in [2.05, 4.69) is 19.7 Å². The smallest absolute Gasteiger partial charge is 0.185 e. The van der Waals surface area contributed by atoms with E-state index in [1.165, 1.54) is 0 Å². The van der Waals surface area contributed by atoms with Crippen LogP contribution in [0, 0.1) is 6.92 Å². The fourth-order valence-corrected chi connectivity index (χ4v) is 4.47. The molecule has 0 aliphatic carbocycles. The van der Waals surface area contributed by atoms with Gasteiger partial charge in [-0.05, 0) is 30.9 Å². The third kappa shape index (κ3) is 3.67. The highest BCUT2D eigenvalue weighted by Crippen LogP contribution is 2.32. The second-order valence-corrected chi connectivity index (χ2v) is 7.31. The first-order chi connectivity index (χ1) is 9.94. The number of hydrogen-bond donors (Lipinski definition) is 2. The molecule has 0 spiro atoms. The zero-order valence-electron chi connectivity index (χ0n) is 11.8. The van der Waals surface area contributed by atoms with Crippen molar-refractivity contribution in [2.45, 2.75) is 31.7 Å². The fourth-order valence-electron chi connectivity index (χ4n) is 1.85. The van der Waals surface area contributed by atoms with Gasteiger partial charge in [0.05, 0.1) is 18.0 Å². The van der Waals surface area contributed by atoms with E-state index in [4.69, 9.17) is 5.73 Å². The van der Waals surface area contributed by atoms with Crippen LogP contribution in [0.5, 0.6) is 0 Å². The Kier molecular flexibility index (Phi) is 4.73.